The Balaban J connectivity index is 1.84. The number of hydrogen-bond donors (Lipinski definition) is 1. The van der Waals surface area contributed by atoms with Gasteiger partial charge in [-0.2, -0.15) is 9.61 Å². The molecule has 1 unspecified atom stereocenters. The molecule has 2 aromatic heterocycles. The zero-order valence-electron chi connectivity index (χ0n) is 13.9. The molecule has 1 saturated carbocycles. The highest BCUT2D eigenvalue weighted by atomic mass is 15.3. The van der Waals surface area contributed by atoms with E-state index in [9.17, 15) is 0 Å². The molecule has 1 fully saturated rings. The fraction of sp³-hybridized carbons (Fsp3) is 0.667. The highest BCUT2D eigenvalue weighted by molar-refractivity contribution is 5.49. The second kappa shape index (κ2) is 7.12. The molecular weight excluding hydrogens is 272 g/mol. The molecular formula is C18H28N4. The molecule has 1 aliphatic rings. The molecule has 0 spiro atoms. The Hall–Kier alpha value is -1.58. The van der Waals surface area contributed by atoms with Crippen molar-refractivity contribution < 1.29 is 0 Å². The minimum Gasteiger partial charge on any atom is -0.367 e. The fourth-order valence-electron chi connectivity index (χ4n) is 3.61. The predicted molar refractivity (Wildman–Crippen MR) is 91.3 cm³/mol. The maximum Gasteiger partial charge on any atom is 0.157 e. The standard InChI is InChI=1S/C18H28N4/c1-3-7-14(4-2)12-16-13-18(20-15-8-5-6-9-15)22-17(21-16)10-11-19-22/h10-11,13-15,20H,3-9,12H2,1-2H3. The van der Waals surface area contributed by atoms with Crippen LogP contribution in [0.5, 0.6) is 0 Å². The van der Waals surface area contributed by atoms with Crippen LogP contribution in [0.1, 0.15) is 64.5 Å². The Bertz CT molecular complexity index is 598. The summed E-state index contributed by atoms with van der Waals surface area (Å²) in [7, 11) is 0. The van der Waals surface area contributed by atoms with Crippen LogP contribution in [-0.2, 0) is 6.42 Å². The number of hydrogen-bond acceptors (Lipinski definition) is 3. The van der Waals surface area contributed by atoms with Crippen LogP contribution in [0.2, 0.25) is 0 Å². The first-order valence-electron chi connectivity index (χ1n) is 8.90. The van der Waals surface area contributed by atoms with Crippen molar-refractivity contribution in [2.24, 2.45) is 5.92 Å². The molecule has 3 rings (SSSR count). The van der Waals surface area contributed by atoms with Gasteiger partial charge in [-0.1, -0.05) is 46.0 Å². The maximum absolute atomic E-state index is 4.80. The van der Waals surface area contributed by atoms with Gasteiger partial charge in [0.1, 0.15) is 5.82 Å². The predicted octanol–water partition coefficient (Wildman–Crippen LogP) is 4.45. The fourth-order valence-corrected chi connectivity index (χ4v) is 3.61. The summed E-state index contributed by atoms with van der Waals surface area (Å²) in [5, 5.41) is 8.12. The Kier molecular flexibility index (Phi) is 4.96. The van der Waals surface area contributed by atoms with Crippen molar-refractivity contribution in [1.82, 2.24) is 14.6 Å². The van der Waals surface area contributed by atoms with Crippen LogP contribution in [0, 0.1) is 5.92 Å². The van der Waals surface area contributed by atoms with Crippen LogP contribution in [0.25, 0.3) is 5.65 Å². The molecule has 1 atom stereocenters. The second-order valence-electron chi connectivity index (χ2n) is 6.63. The van der Waals surface area contributed by atoms with Crippen molar-refractivity contribution >= 4 is 11.5 Å². The van der Waals surface area contributed by atoms with E-state index >= 15 is 0 Å². The van der Waals surface area contributed by atoms with Crippen LogP contribution in [-0.4, -0.2) is 20.6 Å². The van der Waals surface area contributed by atoms with E-state index in [-0.39, 0.29) is 0 Å². The lowest BCUT2D eigenvalue weighted by molar-refractivity contribution is 0.458. The van der Waals surface area contributed by atoms with E-state index in [0.717, 1.165) is 23.8 Å². The first-order valence-corrected chi connectivity index (χ1v) is 8.90. The van der Waals surface area contributed by atoms with Crippen molar-refractivity contribution in [1.29, 1.82) is 0 Å². The Labute approximate surface area is 133 Å². The van der Waals surface area contributed by atoms with Gasteiger partial charge < -0.3 is 5.32 Å². The first-order chi connectivity index (χ1) is 10.8. The molecule has 2 aromatic rings. The summed E-state index contributed by atoms with van der Waals surface area (Å²) >= 11 is 0. The lowest BCUT2D eigenvalue weighted by atomic mass is 9.95. The topological polar surface area (TPSA) is 42.2 Å². The zero-order valence-corrected chi connectivity index (χ0v) is 13.9. The number of rotatable bonds is 7. The van der Waals surface area contributed by atoms with Gasteiger partial charge in [0.25, 0.3) is 0 Å². The van der Waals surface area contributed by atoms with E-state index in [2.05, 4.69) is 30.3 Å². The maximum atomic E-state index is 4.80. The van der Waals surface area contributed by atoms with Gasteiger partial charge in [0.2, 0.25) is 0 Å². The Morgan fingerprint density at radius 3 is 2.86 bits per heavy atom. The van der Waals surface area contributed by atoms with E-state index in [1.807, 2.05) is 16.8 Å². The minimum atomic E-state index is 0.597. The van der Waals surface area contributed by atoms with Crippen LogP contribution >= 0.6 is 0 Å². The number of nitrogens with one attached hydrogen (secondary N) is 1. The van der Waals surface area contributed by atoms with Gasteiger partial charge in [0.15, 0.2) is 5.65 Å². The van der Waals surface area contributed by atoms with E-state index < -0.39 is 0 Å². The lowest BCUT2D eigenvalue weighted by Crippen LogP contribution is -2.18. The summed E-state index contributed by atoms with van der Waals surface area (Å²) in [6.45, 7) is 4.55. The van der Waals surface area contributed by atoms with Gasteiger partial charge in [-0.05, 0) is 25.2 Å². The van der Waals surface area contributed by atoms with E-state index in [1.54, 1.807) is 0 Å². The van der Waals surface area contributed by atoms with Crippen molar-refractivity contribution in [3.8, 4) is 0 Å². The summed E-state index contributed by atoms with van der Waals surface area (Å²) in [6, 6.07) is 4.82. The molecule has 0 aromatic carbocycles. The van der Waals surface area contributed by atoms with Gasteiger partial charge >= 0.3 is 0 Å². The lowest BCUT2D eigenvalue weighted by Gasteiger charge is -2.17. The molecule has 0 aliphatic heterocycles. The summed E-state index contributed by atoms with van der Waals surface area (Å²) in [6.07, 6.45) is 11.9. The number of nitrogens with zero attached hydrogens (tertiary/aromatic N) is 3. The molecule has 4 nitrogen and oxygen atoms in total. The van der Waals surface area contributed by atoms with Crippen LogP contribution in [0.4, 0.5) is 5.82 Å². The van der Waals surface area contributed by atoms with E-state index in [4.69, 9.17) is 4.98 Å². The SMILES string of the molecule is CCCC(CC)Cc1cc(NC2CCCC2)n2nccc2n1. The van der Waals surface area contributed by atoms with Crippen molar-refractivity contribution in [3.05, 3.63) is 24.0 Å². The number of aromatic nitrogens is 3. The molecule has 0 saturated heterocycles. The van der Waals surface area contributed by atoms with Crippen LogP contribution < -0.4 is 5.32 Å². The summed E-state index contributed by atoms with van der Waals surface area (Å²) in [5.41, 5.74) is 2.16. The van der Waals surface area contributed by atoms with Crippen molar-refractivity contribution in [3.63, 3.8) is 0 Å². The van der Waals surface area contributed by atoms with Gasteiger partial charge in [-0.3, -0.25) is 0 Å². The molecule has 0 amide bonds. The van der Waals surface area contributed by atoms with E-state index in [1.165, 1.54) is 50.6 Å². The average Bonchev–Trinajstić information content (AvgIpc) is 3.18. The third-order valence-corrected chi connectivity index (χ3v) is 4.89. The summed E-state index contributed by atoms with van der Waals surface area (Å²) in [5.74, 6) is 1.85. The van der Waals surface area contributed by atoms with Crippen molar-refractivity contribution in [2.45, 2.75) is 71.3 Å². The molecule has 1 aliphatic carbocycles. The van der Waals surface area contributed by atoms with E-state index in [0.29, 0.717) is 6.04 Å². The number of anilines is 1. The summed E-state index contributed by atoms with van der Waals surface area (Å²) < 4.78 is 1.95. The highest BCUT2D eigenvalue weighted by Crippen LogP contribution is 2.24. The van der Waals surface area contributed by atoms with Crippen LogP contribution in [0.15, 0.2) is 18.3 Å². The van der Waals surface area contributed by atoms with Gasteiger partial charge in [0, 0.05) is 23.9 Å². The van der Waals surface area contributed by atoms with Gasteiger partial charge in [-0.15, -0.1) is 0 Å². The van der Waals surface area contributed by atoms with Gasteiger partial charge in [0.05, 0.1) is 6.20 Å². The summed E-state index contributed by atoms with van der Waals surface area (Å²) in [4.78, 5) is 4.80. The highest BCUT2D eigenvalue weighted by Gasteiger charge is 2.17. The normalized spacial score (nSPS) is 17.2. The average molecular weight is 300 g/mol. The first kappa shape index (κ1) is 15.3. The quantitative estimate of drug-likeness (QED) is 0.821. The third-order valence-electron chi connectivity index (χ3n) is 4.89. The molecule has 22 heavy (non-hydrogen) atoms. The molecule has 2 heterocycles. The largest absolute Gasteiger partial charge is 0.367 e. The number of fused-ring (bicyclic) bond motifs is 1. The third kappa shape index (κ3) is 3.42. The smallest absolute Gasteiger partial charge is 0.157 e. The Morgan fingerprint density at radius 1 is 1.32 bits per heavy atom. The molecule has 0 radical (unpaired) electrons. The molecule has 0 bridgehead atoms. The minimum absolute atomic E-state index is 0.597. The van der Waals surface area contributed by atoms with Gasteiger partial charge in [-0.25, -0.2) is 4.98 Å². The Morgan fingerprint density at radius 2 is 2.14 bits per heavy atom. The van der Waals surface area contributed by atoms with Crippen LogP contribution in [0.3, 0.4) is 0 Å². The second-order valence-corrected chi connectivity index (χ2v) is 6.63. The molecule has 1 N–H and O–H groups in total. The van der Waals surface area contributed by atoms with Crippen molar-refractivity contribution in [2.75, 3.05) is 5.32 Å². The molecule has 120 valence electrons. The monoisotopic (exact) mass is 300 g/mol. The molecule has 4 heteroatoms. The zero-order chi connectivity index (χ0) is 15.4.